The molecule has 0 N–H and O–H groups in total. The topological polar surface area (TPSA) is 71.1 Å². The molecule has 3 aromatic rings. The quantitative estimate of drug-likeness (QED) is 0.142. The molecule has 1 spiro atoms. The molecule has 0 saturated heterocycles. The van der Waals surface area contributed by atoms with Crippen LogP contribution in [0.3, 0.4) is 0 Å². The van der Waals surface area contributed by atoms with Gasteiger partial charge in [0.15, 0.2) is 5.60 Å². The van der Waals surface area contributed by atoms with Crippen LogP contribution in [-0.2, 0) is 15.1 Å². The van der Waals surface area contributed by atoms with E-state index >= 15 is 0 Å². The first kappa shape index (κ1) is 42.0. The number of carbonyl (C=O) groups excluding carboxylic acids is 2. The molecule has 2 heterocycles. The Morgan fingerprint density at radius 1 is 0.630 bits per heavy atom. The van der Waals surface area contributed by atoms with E-state index in [1.807, 2.05) is 26.8 Å². The average molecular weight is 787 g/mol. The third-order valence-electron chi connectivity index (χ3n) is 12.6. The molecular weight excluding hydrogens is 721 g/mol. The van der Waals surface area contributed by atoms with E-state index < -0.39 is 47.8 Å². The maximum absolute atomic E-state index is 14.0. The molecule has 6 nitrogen and oxygen atoms in total. The Morgan fingerprint density at radius 3 is 1.41 bits per heavy atom. The third-order valence-corrected chi connectivity index (χ3v) is 28.1. The number of esters is 2. The first-order valence-electron chi connectivity index (χ1n) is 20.2. The fourth-order valence-electron chi connectivity index (χ4n) is 10.4. The summed E-state index contributed by atoms with van der Waals surface area (Å²) in [4.78, 5) is 27.5. The highest BCUT2D eigenvalue weighted by molar-refractivity contribution is 7.01. The van der Waals surface area contributed by atoms with Gasteiger partial charge in [0.25, 0.3) is 16.6 Å². The van der Waals surface area contributed by atoms with Crippen LogP contribution in [0.25, 0.3) is 0 Å². The van der Waals surface area contributed by atoms with Crippen molar-refractivity contribution in [1.82, 2.24) is 0 Å². The van der Waals surface area contributed by atoms with Crippen molar-refractivity contribution >= 4 is 47.0 Å². The molecule has 0 radical (unpaired) electrons. The Bertz CT molecular complexity index is 1790. The summed E-state index contributed by atoms with van der Waals surface area (Å²) in [6, 6.07) is 18.2. The number of hydrogen-bond acceptors (Lipinski definition) is 6. The van der Waals surface area contributed by atoms with E-state index in [-0.39, 0.29) is 0 Å². The molecule has 0 unspecified atom stereocenters. The van der Waals surface area contributed by atoms with E-state index in [0.29, 0.717) is 49.9 Å². The highest BCUT2D eigenvalue weighted by Gasteiger charge is 2.57. The molecular formula is C45H66O6Si3. The SMILES string of the molecule is CC(C)[Si](Oc1ccc2c(c1)[Si](C)(C)c1cc(O[Si](C(C)C)(C(C)C)C(C)C)ccc1C21OC(=O)c2ccc(C(=O)OC(C)(C)C)cc21)(C(C)C)C(C)C. The van der Waals surface area contributed by atoms with Gasteiger partial charge in [0.2, 0.25) is 0 Å². The molecule has 0 saturated carbocycles. The van der Waals surface area contributed by atoms with Crippen molar-refractivity contribution in [2.75, 3.05) is 0 Å². The monoisotopic (exact) mass is 786 g/mol. The Balaban J connectivity index is 1.82. The molecule has 5 rings (SSSR count). The number of fused-ring (bicyclic) bond motifs is 6. The van der Waals surface area contributed by atoms with Crippen LogP contribution in [0, 0.1) is 0 Å². The highest BCUT2D eigenvalue weighted by atomic mass is 28.4. The van der Waals surface area contributed by atoms with Gasteiger partial charge in [0.05, 0.1) is 11.1 Å². The summed E-state index contributed by atoms with van der Waals surface area (Å²) in [6.07, 6.45) is 0. The van der Waals surface area contributed by atoms with Crippen LogP contribution >= 0.6 is 0 Å². The van der Waals surface area contributed by atoms with Crippen molar-refractivity contribution in [3.63, 3.8) is 0 Å². The highest BCUT2D eigenvalue weighted by Crippen LogP contribution is 2.51. The number of carbonyl (C=O) groups is 2. The van der Waals surface area contributed by atoms with E-state index in [1.165, 1.54) is 0 Å². The second kappa shape index (κ2) is 14.4. The van der Waals surface area contributed by atoms with Gasteiger partial charge in [-0.2, -0.15) is 0 Å². The molecule has 54 heavy (non-hydrogen) atoms. The molecule has 0 atom stereocenters. The number of rotatable bonds is 11. The standard InChI is InChI=1S/C45H66O6Si3/c1-27(2)53(28(3)4,29(5)6)50-34-19-22-37-40(25-34)52(16,17)41-26-35(51-54(30(7)8,31(9)10)32(11)12)20-23-38(41)45(37)39-24-33(42(46)48-44(13,14)15)18-21-36(39)43(47)49-45/h18-32H,1-17H3. The molecule has 294 valence electrons. The molecule has 0 bridgehead atoms. The van der Waals surface area contributed by atoms with E-state index in [2.05, 4.69) is 133 Å². The van der Waals surface area contributed by atoms with Crippen LogP contribution in [0.15, 0.2) is 54.6 Å². The van der Waals surface area contributed by atoms with Crippen LogP contribution in [0.1, 0.15) is 141 Å². The lowest BCUT2D eigenvalue weighted by Crippen LogP contribution is -2.63. The minimum Gasteiger partial charge on any atom is -0.543 e. The Hall–Kier alpha value is -3.15. The summed E-state index contributed by atoms with van der Waals surface area (Å²) in [6.45, 7) is 38.0. The van der Waals surface area contributed by atoms with Gasteiger partial charge >= 0.3 is 11.9 Å². The number of hydrogen-bond donors (Lipinski definition) is 0. The summed E-state index contributed by atoms with van der Waals surface area (Å²) < 4.78 is 27.2. The van der Waals surface area contributed by atoms with Gasteiger partial charge in [0, 0.05) is 16.7 Å². The van der Waals surface area contributed by atoms with Crippen LogP contribution in [0.4, 0.5) is 0 Å². The van der Waals surface area contributed by atoms with Gasteiger partial charge in [-0.3, -0.25) is 0 Å². The Morgan fingerprint density at radius 2 is 1.04 bits per heavy atom. The molecule has 2 aliphatic heterocycles. The van der Waals surface area contributed by atoms with Crippen LogP contribution in [0.5, 0.6) is 11.5 Å². The lowest BCUT2D eigenvalue weighted by molar-refractivity contribution is 0.00691. The van der Waals surface area contributed by atoms with Crippen molar-refractivity contribution in [3.8, 4) is 11.5 Å². The average Bonchev–Trinajstić information content (AvgIpc) is 3.35. The zero-order valence-corrected chi connectivity index (χ0v) is 39.1. The van der Waals surface area contributed by atoms with Gasteiger partial charge in [-0.15, -0.1) is 0 Å². The smallest absolute Gasteiger partial charge is 0.340 e. The van der Waals surface area contributed by atoms with Gasteiger partial charge in [0.1, 0.15) is 25.2 Å². The second-order valence-corrected chi connectivity index (χ2v) is 34.3. The van der Waals surface area contributed by atoms with Gasteiger partial charge in [-0.1, -0.05) is 108 Å². The number of benzene rings is 3. The second-order valence-electron chi connectivity index (χ2n) is 19.2. The minimum atomic E-state index is -2.52. The summed E-state index contributed by atoms with van der Waals surface area (Å²) in [7, 11) is -7.09. The van der Waals surface area contributed by atoms with Crippen LogP contribution in [0.2, 0.25) is 46.3 Å². The molecule has 0 aliphatic carbocycles. The van der Waals surface area contributed by atoms with E-state index in [9.17, 15) is 9.59 Å². The van der Waals surface area contributed by atoms with E-state index in [0.717, 1.165) is 33.0 Å². The molecule has 3 aromatic carbocycles. The van der Waals surface area contributed by atoms with Crippen molar-refractivity contribution in [3.05, 3.63) is 82.4 Å². The number of ether oxygens (including phenoxy) is 2. The maximum Gasteiger partial charge on any atom is 0.340 e. The van der Waals surface area contributed by atoms with E-state index in [4.69, 9.17) is 18.3 Å². The van der Waals surface area contributed by atoms with Gasteiger partial charge in [-0.25, -0.2) is 9.59 Å². The van der Waals surface area contributed by atoms with Crippen molar-refractivity contribution in [2.45, 2.75) is 161 Å². The van der Waals surface area contributed by atoms with Crippen molar-refractivity contribution in [1.29, 1.82) is 0 Å². The van der Waals surface area contributed by atoms with E-state index in [1.54, 1.807) is 12.1 Å². The fraction of sp³-hybridized carbons (Fsp3) is 0.556. The largest absolute Gasteiger partial charge is 0.543 e. The van der Waals surface area contributed by atoms with Gasteiger partial charge in [-0.05, 0) is 107 Å². The first-order valence-corrected chi connectivity index (χ1v) is 27.4. The van der Waals surface area contributed by atoms with Crippen LogP contribution < -0.4 is 19.2 Å². The minimum absolute atomic E-state index is 0.384. The lowest BCUT2D eigenvalue weighted by atomic mass is 9.78. The first-order chi connectivity index (χ1) is 24.9. The van der Waals surface area contributed by atoms with Gasteiger partial charge < -0.3 is 18.3 Å². The molecule has 0 fully saturated rings. The Labute approximate surface area is 329 Å². The normalized spacial score (nSPS) is 16.3. The molecule has 0 amide bonds. The Kier molecular flexibility index (Phi) is 11.2. The molecule has 2 aliphatic rings. The predicted molar refractivity (Wildman–Crippen MR) is 230 cm³/mol. The molecule has 9 heteroatoms. The fourth-order valence-corrected chi connectivity index (χ4v) is 24.0. The lowest BCUT2D eigenvalue weighted by Gasteiger charge is -2.46. The summed E-state index contributed by atoms with van der Waals surface area (Å²) in [5.74, 6) is 0.909. The molecule has 0 aromatic heterocycles. The zero-order chi connectivity index (χ0) is 40.5. The van der Waals surface area contributed by atoms with Crippen molar-refractivity contribution < 1.29 is 27.9 Å². The van der Waals surface area contributed by atoms with Crippen LogP contribution in [-0.4, -0.2) is 42.2 Å². The summed E-state index contributed by atoms with van der Waals surface area (Å²) in [5, 5.41) is 2.32. The summed E-state index contributed by atoms with van der Waals surface area (Å²) in [5.41, 5.74) is 3.89. The predicted octanol–water partition coefficient (Wildman–Crippen LogP) is 11.3. The maximum atomic E-state index is 14.0. The van der Waals surface area contributed by atoms with Crippen molar-refractivity contribution in [2.24, 2.45) is 0 Å². The summed E-state index contributed by atoms with van der Waals surface area (Å²) >= 11 is 0. The third kappa shape index (κ3) is 6.63. The zero-order valence-electron chi connectivity index (χ0n) is 36.1.